The van der Waals surface area contributed by atoms with Gasteiger partial charge in [0.25, 0.3) is 5.91 Å². The van der Waals surface area contributed by atoms with Crippen molar-refractivity contribution in [1.29, 1.82) is 0 Å². The number of rotatable bonds is 6. The van der Waals surface area contributed by atoms with Gasteiger partial charge in [0.15, 0.2) is 0 Å². The van der Waals surface area contributed by atoms with Crippen LogP contribution in [0, 0.1) is 0 Å². The topological polar surface area (TPSA) is 79.8 Å². The third kappa shape index (κ3) is 5.03. The van der Waals surface area contributed by atoms with Crippen LogP contribution < -0.4 is 4.74 Å². The second-order valence-corrected chi connectivity index (χ2v) is 10.3. The van der Waals surface area contributed by atoms with Gasteiger partial charge in [-0.05, 0) is 34.5 Å². The Morgan fingerprint density at radius 2 is 1.54 bits per heavy atom. The number of amides is 1. The van der Waals surface area contributed by atoms with Gasteiger partial charge >= 0.3 is 0 Å². The zero-order valence-electron chi connectivity index (χ0n) is 19.1. The van der Waals surface area contributed by atoms with Crippen LogP contribution in [0.5, 0.6) is 5.88 Å². The van der Waals surface area contributed by atoms with Gasteiger partial charge in [-0.1, -0.05) is 60.7 Å². The summed E-state index contributed by atoms with van der Waals surface area (Å²) in [6, 6.07) is 25.8. The SMILES string of the molecule is O=C(c1ccnc(OCc2ccccc2)c1)N1CCN(S(=O)(=O)c2ccc3ccccc3c2)CC1. The number of carbonyl (C=O) groups excluding carboxylic acids is 1. The lowest BCUT2D eigenvalue weighted by molar-refractivity contribution is 0.0697. The number of nitrogens with zero attached hydrogens (tertiary/aromatic N) is 3. The second-order valence-electron chi connectivity index (χ2n) is 8.36. The lowest BCUT2D eigenvalue weighted by Crippen LogP contribution is -2.50. The molecule has 7 nitrogen and oxygen atoms in total. The van der Waals surface area contributed by atoms with Gasteiger partial charge in [0.1, 0.15) is 6.61 Å². The summed E-state index contributed by atoms with van der Waals surface area (Å²) in [6.07, 6.45) is 1.55. The highest BCUT2D eigenvalue weighted by molar-refractivity contribution is 7.89. The van der Waals surface area contributed by atoms with E-state index < -0.39 is 10.0 Å². The van der Waals surface area contributed by atoms with Gasteiger partial charge in [-0.3, -0.25) is 4.79 Å². The Hall–Kier alpha value is -3.75. The van der Waals surface area contributed by atoms with E-state index in [1.807, 2.05) is 60.7 Å². The van der Waals surface area contributed by atoms with E-state index in [1.165, 1.54) is 4.31 Å². The molecule has 1 fully saturated rings. The number of pyridine rings is 1. The monoisotopic (exact) mass is 487 g/mol. The molecule has 1 amide bonds. The van der Waals surface area contributed by atoms with Crippen molar-refractivity contribution in [2.45, 2.75) is 11.5 Å². The summed E-state index contributed by atoms with van der Waals surface area (Å²) in [6.45, 7) is 1.46. The zero-order valence-corrected chi connectivity index (χ0v) is 19.9. The van der Waals surface area contributed by atoms with Gasteiger partial charge in [-0.15, -0.1) is 0 Å². The minimum absolute atomic E-state index is 0.167. The van der Waals surface area contributed by atoms with Crippen LogP contribution in [0.4, 0.5) is 0 Å². The zero-order chi connectivity index (χ0) is 24.3. The van der Waals surface area contributed by atoms with Crippen molar-refractivity contribution in [1.82, 2.24) is 14.2 Å². The second kappa shape index (κ2) is 9.85. The lowest BCUT2D eigenvalue weighted by atomic mass is 10.1. The molecule has 0 saturated carbocycles. The molecule has 1 aliphatic rings. The highest BCUT2D eigenvalue weighted by Gasteiger charge is 2.30. The molecule has 1 aromatic heterocycles. The van der Waals surface area contributed by atoms with Gasteiger partial charge in [-0.2, -0.15) is 4.31 Å². The first kappa shape index (κ1) is 23.0. The molecule has 0 bridgehead atoms. The fourth-order valence-corrected chi connectivity index (χ4v) is 5.60. The van der Waals surface area contributed by atoms with Crippen molar-refractivity contribution in [3.8, 4) is 5.88 Å². The Kier molecular flexibility index (Phi) is 6.48. The van der Waals surface area contributed by atoms with Crippen molar-refractivity contribution in [2.24, 2.45) is 0 Å². The van der Waals surface area contributed by atoms with Crippen molar-refractivity contribution in [2.75, 3.05) is 26.2 Å². The van der Waals surface area contributed by atoms with Crippen molar-refractivity contribution < 1.29 is 17.9 Å². The fourth-order valence-electron chi connectivity index (χ4n) is 4.14. The van der Waals surface area contributed by atoms with Crippen LogP contribution in [-0.4, -0.2) is 54.7 Å². The van der Waals surface area contributed by atoms with Crippen LogP contribution in [-0.2, 0) is 16.6 Å². The lowest BCUT2D eigenvalue weighted by Gasteiger charge is -2.34. The Labute approximate surface area is 204 Å². The average molecular weight is 488 g/mol. The van der Waals surface area contributed by atoms with E-state index in [0.717, 1.165) is 16.3 Å². The van der Waals surface area contributed by atoms with Crippen LogP contribution in [0.15, 0.2) is 96.0 Å². The largest absolute Gasteiger partial charge is 0.473 e. The van der Waals surface area contributed by atoms with Crippen molar-refractivity contribution in [3.63, 3.8) is 0 Å². The number of ether oxygens (including phenoxy) is 1. The molecular formula is C27H25N3O4S. The molecule has 0 N–H and O–H groups in total. The summed E-state index contributed by atoms with van der Waals surface area (Å²) >= 11 is 0. The minimum atomic E-state index is -3.64. The van der Waals surface area contributed by atoms with E-state index in [9.17, 15) is 13.2 Å². The Balaban J connectivity index is 1.23. The first-order valence-electron chi connectivity index (χ1n) is 11.4. The van der Waals surface area contributed by atoms with E-state index in [-0.39, 0.29) is 23.9 Å². The summed E-state index contributed by atoms with van der Waals surface area (Å²) in [7, 11) is -3.64. The first-order chi connectivity index (χ1) is 17.0. The number of benzene rings is 3. The van der Waals surface area contributed by atoms with E-state index in [1.54, 1.807) is 35.4 Å². The molecule has 4 aromatic rings. The number of aromatic nitrogens is 1. The molecule has 178 valence electrons. The summed E-state index contributed by atoms with van der Waals surface area (Å²) in [5, 5.41) is 1.87. The van der Waals surface area contributed by atoms with Crippen LogP contribution in [0.1, 0.15) is 15.9 Å². The molecule has 1 saturated heterocycles. The maximum Gasteiger partial charge on any atom is 0.254 e. The van der Waals surface area contributed by atoms with Crippen LogP contribution in [0.3, 0.4) is 0 Å². The molecule has 1 aliphatic heterocycles. The highest BCUT2D eigenvalue weighted by Crippen LogP contribution is 2.23. The number of hydrogen-bond donors (Lipinski definition) is 0. The third-order valence-corrected chi connectivity index (χ3v) is 7.99. The van der Waals surface area contributed by atoms with Gasteiger partial charge in [0.2, 0.25) is 15.9 Å². The average Bonchev–Trinajstić information content (AvgIpc) is 2.92. The predicted octanol–water partition coefficient (Wildman–Crippen LogP) is 3.96. The summed E-state index contributed by atoms with van der Waals surface area (Å²) in [4.78, 5) is 19.2. The normalized spacial score (nSPS) is 14.7. The highest BCUT2D eigenvalue weighted by atomic mass is 32.2. The Morgan fingerprint density at radius 3 is 2.31 bits per heavy atom. The van der Waals surface area contributed by atoms with Gasteiger partial charge < -0.3 is 9.64 Å². The predicted molar refractivity (Wildman–Crippen MR) is 134 cm³/mol. The Morgan fingerprint density at radius 1 is 0.829 bits per heavy atom. The molecule has 0 atom stereocenters. The number of sulfonamides is 1. The van der Waals surface area contributed by atoms with Gasteiger partial charge in [0, 0.05) is 44.0 Å². The molecule has 3 aromatic carbocycles. The maximum absolute atomic E-state index is 13.2. The molecule has 0 radical (unpaired) electrons. The van der Waals surface area contributed by atoms with E-state index in [0.29, 0.717) is 31.1 Å². The number of piperazine rings is 1. The van der Waals surface area contributed by atoms with Crippen molar-refractivity contribution >= 4 is 26.7 Å². The van der Waals surface area contributed by atoms with E-state index in [2.05, 4.69) is 4.98 Å². The van der Waals surface area contributed by atoms with Crippen LogP contribution in [0.2, 0.25) is 0 Å². The fraction of sp³-hybridized carbons (Fsp3) is 0.185. The summed E-state index contributed by atoms with van der Waals surface area (Å²) in [5.41, 5.74) is 1.48. The smallest absolute Gasteiger partial charge is 0.254 e. The maximum atomic E-state index is 13.2. The van der Waals surface area contributed by atoms with E-state index in [4.69, 9.17) is 4.74 Å². The standard InChI is InChI=1S/C27H25N3O4S/c31-27(24-12-13-28-26(19-24)34-20-21-6-2-1-3-7-21)29-14-16-30(17-15-29)35(32,33)25-11-10-22-8-4-5-9-23(22)18-25/h1-13,18-19H,14-17,20H2. The molecule has 5 rings (SSSR count). The summed E-state index contributed by atoms with van der Waals surface area (Å²) < 4.78 is 33.6. The minimum Gasteiger partial charge on any atom is -0.473 e. The quantitative estimate of drug-likeness (QED) is 0.411. The number of fused-ring (bicyclic) bond motifs is 1. The molecule has 2 heterocycles. The van der Waals surface area contributed by atoms with E-state index >= 15 is 0 Å². The molecule has 0 unspecified atom stereocenters. The van der Waals surface area contributed by atoms with Crippen LogP contribution >= 0.6 is 0 Å². The molecule has 0 aliphatic carbocycles. The van der Waals surface area contributed by atoms with Crippen molar-refractivity contribution in [3.05, 3.63) is 102 Å². The summed E-state index contributed by atoms with van der Waals surface area (Å²) in [5.74, 6) is 0.205. The van der Waals surface area contributed by atoms with Crippen LogP contribution in [0.25, 0.3) is 10.8 Å². The first-order valence-corrected chi connectivity index (χ1v) is 12.9. The molecule has 35 heavy (non-hydrogen) atoms. The molecule has 0 spiro atoms. The number of hydrogen-bond acceptors (Lipinski definition) is 5. The third-order valence-electron chi connectivity index (χ3n) is 6.10. The Bertz CT molecular complexity index is 1450. The number of carbonyl (C=O) groups is 1. The molecule has 8 heteroatoms. The molecular weight excluding hydrogens is 462 g/mol. The van der Waals surface area contributed by atoms with Gasteiger partial charge in [-0.25, -0.2) is 13.4 Å². The van der Waals surface area contributed by atoms with Gasteiger partial charge in [0.05, 0.1) is 4.90 Å².